The Bertz CT molecular complexity index is 1210. The van der Waals surface area contributed by atoms with Crippen LogP contribution in [-0.4, -0.2) is 25.7 Å². The van der Waals surface area contributed by atoms with E-state index in [1.165, 1.54) is 16.8 Å². The Morgan fingerprint density at radius 2 is 1.96 bits per heavy atom. The molecule has 0 unspecified atom stereocenters. The summed E-state index contributed by atoms with van der Waals surface area (Å²) in [6.45, 7) is 1.78. The van der Waals surface area contributed by atoms with Crippen molar-refractivity contribution in [2.24, 2.45) is 0 Å². The molecule has 28 heavy (non-hydrogen) atoms. The molecule has 1 aliphatic heterocycles. The lowest BCUT2D eigenvalue weighted by Gasteiger charge is -2.24. The molecule has 1 atom stereocenters. The number of aromatic amines is 1. The van der Waals surface area contributed by atoms with Crippen molar-refractivity contribution in [1.29, 1.82) is 0 Å². The lowest BCUT2D eigenvalue weighted by atomic mass is 9.85. The van der Waals surface area contributed by atoms with E-state index in [1.807, 2.05) is 24.3 Å². The first-order chi connectivity index (χ1) is 13.5. The summed E-state index contributed by atoms with van der Waals surface area (Å²) in [5.74, 6) is -1.94. The van der Waals surface area contributed by atoms with Gasteiger partial charge in [-0.15, -0.1) is 0 Å². The molecule has 2 aromatic carbocycles. The van der Waals surface area contributed by atoms with Crippen molar-refractivity contribution in [3.8, 4) is 5.95 Å². The van der Waals surface area contributed by atoms with E-state index in [1.54, 1.807) is 6.92 Å². The largest absolute Gasteiger partial charge is 0.322 e. The van der Waals surface area contributed by atoms with E-state index in [9.17, 15) is 13.6 Å². The number of H-pyrrole nitrogens is 1. The molecular formula is C20H15F2N5O. The average molecular weight is 379 g/mol. The number of amides is 1. The molecule has 0 fully saturated rings. The van der Waals surface area contributed by atoms with Gasteiger partial charge in [-0.1, -0.05) is 24.3 Å². The van der Waals surface area contributed by atoms with Gasteiger partial charge in [-0.3, -0.25) is 4.79 Å². The Balaban J connectivity index is 1.70. The van der Waals surface area contributed by atoms with Gasteiger partial charge in [-0.25, -0.2) is 13.8 Å². The summed E-state index contributed by atoms with van der Waals surface area (Å²) in [5.41, 5.74) is 3.00. The number of carbonyl (C=O) groups is 1. The molecule has 4 aromatic rings. The third-order valence-corrected chi connectivity index (χ3v) is 5.04. The number of nitrogens with zero attached hydrogens (tertiary/aromatic N) is 3. The molecule has 2 N–H and O–H groups in total. The fourth-order valence-electron chi connectivity index (χ4n) is 3.80. The zero-order chi connectivity index (χ0) is 19.4. The topological polar surface area (TPSA) is 75.6 Å². The van der Waals surface area contributed by atoms with Gasteiger partial charge in [0.2, 0.25) is 11.9 Å². The minimum absolute atomic E-state index is 0.0139. The van der Waals surface area contributed by atoms with E-state index < -0.39 is 17.6 Å². The van der Waals surface area contributed by atoms with Crippen molar-refractivity contribution < 1.29 is 13.6 Å². The van der Waals surface area contributed by atoms with Crippen LogP contribution in [0.25, 0.3) is 17.0 Å². The molecule has 5 rings (SSSR count). The summed E-state index contributed by atoms with van der Waals surface area (Å²) in [6.07, 6.45) is 0.0139. The van der Waals surface area contributed by atoms with Crippen molar-refractivity contribution in [2.45, 2.75) is 19.3 Å². The molecule has 1 amide bonds. The first kappa shape index (κ1) is 16.6. The summed E-state index contributed by atoms with van der Waals surface area (Å²) in [5, 5.41) is 7.32. The van der Waals surface area contributed by atoms with Crippen LogP contribution in [0.1, 0.15) is 29.2 Å². The number of anilines is 1. The van der Waals surface area contributed by atoms with Crippen LogP contribution in [0, 0.1) is 18.6 Å². The monoisotopic (exact) mass is 379 g/mol. The number of imidazole rings is 1. The van der Waals surface area contributed by atoms with Crippen molar-refractivity contribution >= 4 is 22.8 Å². The van der Waals surface area contributed by atoms with Crippen molar-refractivity contribution in [3.05, 3.63) is 70.9 Å². The van der Waals surface area contributed by atoms with Gasteiger partial charge in [-0.2, -0.15) is 9.78 Å². The predicted octanol–water partition coefficient (Wildman–Crippen LogP) is 3.81. The first-order valence-electron chi connectivity index (χ1n) is 8.81. The van der Waals surface area contributed by atoms with Crippen LogP contribution >= 0.6 is 0 Å². The van der Waals surface area contributed by atoms with Gasteiger partial charge in [-0.05, 0) is 30.7 Å². The average Bonchev–Trinajstić information content (AvgIpc) is 3.24. The molecular weight excluding hydrogens is 364 g/mol. The zero-order valence-electron chi connectivity index (χ0n) is 14.8. The Kier molecular flexibility index (Phi) is 3.55. The fraction of sp³-hybridized carbons (Fsp3) is 0.150. The minimum atomic E-state index is -0.941. The van der Waals surface area contributed by atoms with Crippen molar-refractivity contribution in [3.63, 3.8) is 0 Å². The SMILES string of the molecule is Cc1nn(-c2nc3ccccc3[nH]2)c2c1[C@H](c1cccc(F)c1F)CC(=O)N2. The Hall–Kier alpha value is -3.55. The van der Waals surface area contributed by atoms with Crippen LogP contribution in [-0.2, 0) is 4.79 Å². The number of para-hydroxylation sites is 2. The standard InChI is InChI=1S/C20H15F2N5O/c1-10-17-12(11-5-4-6-13(21)18(11)22)9-16(28)25-19(17)27(26-10)20-23-14-7-2-3-8-15(14)24-20/h2-8,12H,9H2,1H3,(H,23,24)(H,25,28)/t12-/m0/s1. The second kappa shape index (κ2) is 5.98. The molecule has 6 nitrogen and oxygen atoms in total. The van der Waals surface area contributed by atoms with Gasteiger partial charge in [0.05, 0.1) is 16.7 Å². The summed E-state index contributed by atoms with van der Waals surface area (Å²) in [4.78, 5) is 20.1. The Labute approximate surface area is 158 Å². The normalized spacial score (nSPS) is 16.2. The molecule has 3 heterocycles. The lowest BCUT2D eigenvalue weighted by molar-refractivity contribution is -0.116. The number of hydrogen-bond acceptors (Lipinski definition) is 3. The van der Waals surface area contributed by atoms with Crippen molar-refractivity contribution in [2.75, 3.05) is 5.32 Å². The number of carbonyl (C=O) groups excluding carboxylic acids is 1. The summed E-state index contributed by atoms with van der Waals surface area (Å²) in [7, 11) is 0. The summed E-state index contributed by atoms with van der Waals surface area (Å²) >= 11 is 0. The van der Waals surface area contributed by atoms with Gasteiger partial charge >= 0.3 is 0 Å². The predicted molar refractivity (Wildman–Crippen MR) is 99.4 cm³/mol. The second-order valence-electron chi connectivity index (χ2n) is 6.78. The highest BCUT2D eigenvalue weighted by Crippen LogP contribution is 2.41. The maximum Gasteiger partial charge on any atom is 0.231 e. The molecule has 1 aliphatic rings. The van der Waals surface area contributed by atoms with Gasteiger partial charge in [0.15, 0.2) is 11.6 Å². The summed E-state index contributed by atoms with van der Waals surface area (Å²) < 4.78 is 29.7. The number of hydrogen-bond donors (Lipinski definition) is 2. The third kappa shape index (κ3) is 2.41. The number of aromatic nitrogens is 4. The molecule has 0 saturated carbocycles. The highest BCUT2D eigenvalue weighted by molar-refractivity contribution is 5.95. The molecule has 0 saturated heterocycles. The highest BCUT2D eigenvalue weighted by Gasteiger charge is 2.35. The van der Waals surface area contributed by atoms with Gasteiger partial charge in [0, 0.05) is 17.9 Å². The maximum absolute atomic E-state index is 14.5. The van der Waals surface area contributed by atoms with E-state index >= 15 is 0 Å². The zero-order valence-corrected chi connectivity index (χ0v) is 14.8. The van der Waals surface area contributed by atoms with Crippen LogP contribution < -0.4 is 5.32 Å². The number of rotatable bonds is 2. The third-order valence-electron chi connectivity index (χ3n) is 5.04. The van der Waals surface area contributed by atoms with Crippen LogP contribution in [0.5, 0.6) is 0 Å². The lowest BCUT2D eigenvalue weighted by Crippen LogP contribution is -2.25. The maximum atomic E-state index is 14.5. The molecule has 8 heteroatoms. The molecule has 0 radical (unpaired) electrons. The van der Waals surface area contributed by atoms with E-state index in [2.05, 4.69) is 20.4 Å². The number of fused-ring (bicyclic) bond motifs is 2. The number of benzene rings is 2. The summed E-state index contributed by atoms with van der Waals surface area (Å²) in [6, 6.07) is 11.5. The molecule has 2 aromatic heterocycles. The Morgan fingerprint density at radius 1 is 1.14 bits per heavy atom. The van der Waals surface area contributed by atoms with Crippen molar-refractivity contribution in [1.82, 2.24) is 19.7 Å². The second-order valence-corrected chi connectivity index (χ2v) is 6.78. The molecule has 0 spiro atoms. The van der Waals surface area contributed by atoms with E-state index in [-0.39, 0.29) is 17.9 Å². The van der Waals surface area contributed by atoms with Crippen LogP contribution in [0.4, 0.5) is 14.6 Å². The molecule has 0 bridgehead atoms. The molecule has 0 aliphatic carbocycles. The van der Waals surface area contributed by atoms with Crippen LogP contribution in [0.15, 0.2) is 42.5 Å². The van der Waals surface area contributed by atoms with Crippen LogP contribution in [0.2, 0.25) is 0 Å². The van der Waals surface area contributed by atoms with Gasteiger partial charge < -0.3 is 10.3 Å². The number of aryl methyl sites for hydroxylation is 1. The van der Waals surface area contributed by atoms with E-state index in [0.29, 0.717) is 23.0 Å². The number of halogens is 2. The quantitative estimate of drug-likeness (QED) is 0.556. The van der Waals surface area contributed by atoms with Gasteiger partial charge in [0.25, 0.3) is 0 Å². The van der Waals surface area contributed by atoms with E-state index in [0.717, 1.165) is 17.1 Å². The van der Waals surface area contributed by atoms with Gasteiger partial charge in [0.1, 0.15) is 5.82 Å². The smallest absolute Gasteiger partial charge is 0.231 e. The van der Waals surface area contributed by atoms with E-state index in [4.69, 9.17) is 0 Å². The molecule has 140 valence electrons. The first-order valence-corrected chi connectivity index (χ1v) is 8.81. The minimum Gasteiger partial charge on any atom is -0.322 e. The van der Waals surface area contributed by atoms with Crippen LogP contribution in [0.3, 0.4) is 0 Å². The fourth-order valence-corrected chi connectivity index (χ4v) is 3.80. The number of nitrogens with one attached hydrogen (secondary N) is 2. The Morgan fingerprint density at radius 3 is 2.79 bits per heavy atom. The highest BCUT2D eigenvalue weighted by atomic mass is 19.2.